The molecule has 0 unspecified atom stereocenters. The van der Waals surface area contributed by atoms with Gasteiger partial charge in [0.25, 0.3) is 0 Å². The van der Waals surface area contributed by atoms with Gasteiger partial charge in [0, 0.05) is 26.1 Å². The third-order valence-corrected chi connectivity index (χ3v) is 6.57. The zero-order valence-electron chi connectivity index (χ0n) is 16.6. The highest BCUT2D eigenvalue weighted by Gasteiger charge is 2.33. The fourth-order valence-electron chi connectivity index (χ4n) is 3.56. The number of aromatic hydroxyl groups is 1. The number of hydrogen-bond acceptors (Lipinski definition) is 4. The van der Waals surface area contributed by atoms with Crippen LogP contribution >= 0.6 is 33.9 Å². The average molecular weight is 545 g/mol. The maximum Gasteiger partial charge on any atom is 0.329 e. The molecule has 0 aliphatic rings. The summed E-state index contributed by atoms with van der Waals surface area (Å²) in [5, 5.41) is 17.5. The Morgan fingerprint density at radius 3 is 2.48 bits per heavy atom. The van der Waals surface area contributed by atoms with Gasteiger partial charge in [-0.2, -0.15) is 11.3 Å². The van der Waals surface area contributed by atoms with Crippen molar-refractivity contribution in [1.82, 2.24) is 9.55 Å². The second kappa shape index (κ2) is 9.11. The van der Waals surface area contributed by atoms with E-state index < -0.39 is 11.7 Å². The molecule has 1 amide bonds. The van der Waals surface area contributed by atoms with Crippen molar-refractivity contribution >= 4 is 45.5 Å². The SMILES string of the molecule is C[C@@H](c1ccccc1)[C@@H](C(=O)Nc1ccc(I)cc1)n1c(O)c(-c2ccsc2)[nH]c1=O. The summed E-state index contributed by atoms with van der Waals surface area (Å²) in [4.78, 5) is 29.0. The lowest BCUT2D eigenvalue weighted by atomic mass is 9.92. The zero-order chi connectivity index (χ0) is 22.0. The van der Waals surface area contributed by atoms with Crippen LogP contribution in [0.1, 0.15) is 24.4 Å². The van der Waals surface area contributed by atoms with Crippen LogP contribution in [0.2, 0.25) is 0 Å². The Bertz CT molecular complexity index is 1230. The predicted octanol–water partition coefficient (Wildman–Crippen LogP) is 5.20. The van der Waals surface area contributed by atoms with Gasteiger partial charge in [0.05, 0.1) is 0 Å². The van der Waals surface area contributed by atoms with Gasteiger partial charge in [0.15, 0.2) is 0 Å². The van der Waals surface area contributed by atoms with Crippen molar-refractivity contribution in [2.24, 2.45) is 0 Å². The van der Waals surface area contributed by atoms with Crippen molar-refractivity contribution in [3.63, 3.8) is 0 Å². The molecule has 0 fully saturated rings. The Morgan fingerprint density at radius 1 is 1.13 bits per heavy atom. The summed E-state index contributed by atoms with van der Waals surface area (Å²) in [6.07, 6.45) is 0. The van der Waals surface area contributed by atoms with E-state index in [1.54, 1.807) is 18.2 Å². The van der Waals surface area contributed by atoms with Gasteiger partial charge in [-0.1, -0.05) is 37.3 Å². The topological polar surface area (TPSA) is 87.1 Å². The highest BCUT2D eigenvalue weighted by Crippen LogP contribution is 2.35. The average Bonchev–Trinajstić information content (AvgIpc) is 3.40. The summed E-state index contributed by atoms with van der Waals surface area (Å²) in [6.45, 7) is 1.87. The van der Waals surface area contributed by atoms with Crippen molar-refractivity contribution in [1.29, 1.82) is 0 Å². The van der Waals surface area contributed by atoms with Gasteiger partial charge < -0.3 is 15.4 Å². The van der Waals surface area contributed by atoms with Gasteiger partial charge in [-0.25, -0.2) is 9.36 Å². The zero-order valence-corrected chi connectivity index (χ0v) is 19.6. The van der Waals surface area contributed by atoms with Gasteiger partial charge in [-0.3, -0.25) is 4.79 Å². The molecule has 2 atom stereocenters. The van der Waals surface area contributed by atoms with Crippen LogP contribution in [0.15, 0.2) is 76.2 Å². The van der Waals surface area contributed by atoms with E-state index in [-0.39, 0.29) is 17.7 Å². The van der Waals surface area contributed by atoms with E-state index in [1.807, 2.05) is 60.1 Å². The van der Waals surface area contributed by atoms with Crippen LogP contribution in [0, 0.1) is 3.57 Å². The smallest absolute Gasteiger partial charge is 0.329 e. The molecule has 4 aromatic rings. The van der Waals surface area contributed by atoms with Crippen LogP contribution in [0.25, 0.3) is 11.3 Å². The summed E-state index contributed by atoms with van der Waals surface area (Å²) >= 11 is 3.65. The van der Waals surface area contributed by atoms with Crippen molar-refractivity contribution in [2.75, 3.05) is 5.32 Å². The number of nitrogens with one attached hydrogen (secondary N) is 2. The molecule has 0 bridgehead atoms. The molecular formula is C23H20IN3O3S. The first-order valence-corrected chi connectivity index (χ1v) is 11.6. The minimum absolute atomic E-state index is 0.256. The standard InChI is InChI=1S/C23H20IN3O3S/c1-14(15-5-3-2-4-6-15)20(21(28)25-18-9-7-17(24)8-10-18)27-22(29)19(26-23(27)30)16-11-12-31-13-16/h2-14,20,29H,1H3,(H,25,28)(H,26,30)/t14-,20-/m0/s1. The highest BCUT2D eigenvalue weighted by molar-refractivity contribution is 14.1. The van der Waals surface area contributed by atoms with Crippen molar-refractivity contribution in [3.05, 3.63) is 91.0 Å². The fourth-order valence-corrected chi connectivity index (χ4v) is 4.57. The van der Waals surface area contributed by atoms with Gasteiger partial charge in [0.1, 0.15) is 11.7 Å². The first-order valence-electron chi connectivity index (χ1n) is 9.63. The molecule has 31 heavy (non-hydrogen) atoms. The van der Waals surface area contributed by atoms with E-state index >= 15 is 0 Å². The minimum atomic E-state index is -0.960. The van der Waals surface area contributed by atoms with E-state index in [9.17, 15) is 14.7 Å². The summed E-state index contributed by atoms with van der Waals surface area (Å²) in [5.41, 5.74) is 1.97. The number of amides is 1. The number of imidazole rings is 1. The molecule has 0 radical (unpaired) electrons. The molecule has 0 spiro atoms. The number of carbonyl (C=O) groups is 1. The molecular weight excluding hydrogens is 525 g/mol. The van der Waals surface area contributed by atoms with Crippen molar-refractivity contribution in [2.45, 2.75) is 18.9 Å². The highest BCUT2D eigenvalue weighted by atomic mass is 127. The van der Waals surface area contributed by atoms with E-state index in [1.165, 1.54) is 11.3 Å². The lowest BCUT2D eigenvalue weighted by Gasteiger charge is -2.25. The predicted molar refractivity (Wildman–Crippen MR) is 132 cm³/mol. The molecule has 6 nitrogen and oxygen atoms in total. The van der Waals surface area contributed by atoms with Crippen LogP contribution in [-0.4, -0.2) is 20.6 Å². The van der Waals surface area contributed by atoms with Gasteiger partial charge in [0.2, 0.25) is 11.8 Å². The lowest BCUT2D eigenvalue weighted by Crippen LogP contribution is -2.35. The van der Waals surface area contributed by atoms with E-state index in [2.05, 4.69) is 32.9 Å². The Labute approximate surface area is 196 Å². The number of nitrogens with zero attached hydrogens (tertiary/aromatic N) is 1. The van der Waals surface area contributed by atoms with Crippen LogP contribution in [0.4, 0.5) is 5.69 Å². The number of aromatic nitrogens is 2. The molecule has 2 aromatic carbocycles. The normalized spacial score (nSPS) is 13.0. The lowest BCUT2D eigenvalue weighted by molar-refractivity contribution is -0.120. The number of aromatic amines is 1. The Balaban J connectivity index is 1.78. The summed E-state index contributed by atoms with van der Waals surface area (Å²) in [7, 11) is 0. The first kappa shape index (κ1) is 21.4. The third kappa shape index (κ3) is 4.45. The van der Waals surface area contributed by atoms with E-state index in [0.717, 1.165) is 13.7 Å². The number of thiophene rings is 1. The Hall–Kier alpha value is -2.85. The number of rotatable bonds is 6. The van der Waals surface area contributed by atoms with Crippen molar-refractivity contribution < 1.29 is 9.90 Å². The molecule has 0 aliphatic carbocycles. The Kier molecular flexibility index (Phi) is 6.28. The van der Waals surface area contributed by atoms with E-state index in [0.29, 0.717) is 16.9 Å². The van der Waals surface area contributed by atoms with Gasteiger partial charge in [-0.05, 0) is 63.9 Å². The second-order valence-corrected chi connectivity index (χ2v) is 9.18. The summed E-state index contributed by atoms with van der Waals surface area (Å²) in [6, 6.07) is 17.7. The minimum Gasteiger partial charge on any atom is -0.493 e. The quantitative estimate of drug-likeness (QED) is 0.291. The number of carbonyl (C=O) groups excluding carboxylic acids is 1. The molecule has 2 aromatic heterocycles. The summed E-state index contributed by atoms with van der Waals surface area (Å²) < 4.78 is 2.19. The largest absolute Gasteiger partial charge is 0.493 e. The third-order valence-electron chi connectivity index (χ3n) is 5.17. The molecule has 0 saturated heterocycles. The first-order chi connectivity index (χ1) is 15.0. The molecule has 0 aliphatic heterocycles. The molecule has 8 heteroatoms. The number of hydrogen-bond donors (Lipinski definition) is 3. The number of benzene rings is 2. The number of H-pyrrole nitrogens is 1. The van der Waals surface area contributed by atoms with Crippen LogP contribution in [0.5, 0.6) is 5.88 Å². The molecule has 2 heterocycles. The van der Waals surface area contributed by atoms with Crippen LogP contribution in [0.3, 0.4) is 0 Å². The number of anilines is 1. The number of halogens is 1. The second-order valence-electron chi connectivity index (χ2n) is 7.15. The fraction of sp³-hybridized carbons (Fsp3) is 0.130. The molecule has 0 saturated carbocycles. The van der Waals surface area contributed by atoms with Crippen LogP contribution < -0.4 is 11.0 Å². The molecule has 3 N–H and O–H groups in total. The van der Waals surface area contributed by atoms with Crippen molar-refractivity contribution in [3.8, 4) is 17.1 Å². The summed E-state index contributed by atoms with van der Waals surface area (Å²) in [5.74, 6) is -1.01. The monoisotopic (exact) mass is 545 g/mol. The maximum atomic E-state index is 13.4. The molecule has 4 rings (SSSR count). The maximum absolute atomic E-state index is 13.4. The van der Waals surface area contributed by atoms with Gasteiger partial charge in [-0.15, -0.1) is 0 Å². The van der Waals surface area contributed by atoms with Gasteiger partial charge >= 0.3 is 5.69 Å². The molecule has 158 valence electrons. The van der Waals surface area contributed by atoms with Crippen LogP contribution in [-0.2, 0) is 4.79 Å². The Morgan fingerprint density at radius 2 is 1.84 bits per heavy atom. The van der Waals surface area contributed by atoms with E-state index in [4.69, 9.17) is 0 Å².